The number of esters is 1. The molecule has 5 nitrogen and oxygen atoms in total. The van der Waals surface area contributed by atoms with Crippen LogP contribution in [0.15, 0.2) is 0 Å². The zero-order chi connectivity index (χ0) is 15.5. The van der Waals surface area contributed by atoms with Crippen LogP contribution in [0.1, 0.15) is 46.5 Å². The monoisotopic (exact) mass is 296 g/mol. The lowest BCUT2D eigenvalue weighted by atomic mass is 9.91. The third kappa shape index (κ3) is 3.57. The molecule has 120 valence electrons. The highest BCUT2D eigenvalue weighted by atomic mass is 16.5. The molecule has 0 aromatic rings. The van der Waals surface area contributed by atoms with Gasteiger partial charge in [-0.2, -0.15) is 0 Å². The Hall–Kier alpha value is -1.10. The zero-order valence-corrected chi connectivity index (χ0v) is 13.4. The average Bonchev–Trinajstić information content (AvgIpc) is 3.18. The Balaban J connectivity index is 1.94. The maximum absolute atomic E-state index is 12.5. The minimum absolute atomic E-state index is 0.0373. The fourth-order valence-electron chi connectivity index (χ4n) is 3.35. The molecule has 1 heterocycles. The first kappa shape index (κ1) is 16.3. The van der Waals surface area contributed by atoms with Gasteiger partial charge in [0.25, 0.3) is 0 Å². The van der Waals surface area contributed by atoms with Gasteiger partial charge in [0.05, 0.1) is 6.61 Å². The molecule has 2 rings (SSSR count). The molecule has 1 saturated heterocycles. The van der Waals surface area contributed by atoms with E-state index in [1.165, 1.54) is 0 Å². The van der Waals surface area contributed by atoms with Gasteiger partial charge < -0.3 is 15.4 Å². The Morgan fingerprint density at radius 1 is 1.33 bits per heavy atom. The average molecular weight is 296 g/mol. The lowest BCUT2D eigenvalue weighted by Gasteiger charge is -2.25. The van der Waals surface area contributed by atoms with Crippen molar-refractivity contribution in [1.29, 1.82) is 0 Å². The van der Waals surface area contributed by atoms with Crippen molar-refractivity contribution in [2.45, 2.75) is 52.5 Å². The lowest BCUT2D eigenvalue weighted by molar-refractivity contribution is -0.149. The van der Waals surface area contributed by atoms with Crippen molar-refractivity contribution < 1.29 is 14.3 Å². The molecule has 2 fully saturated rings. The van der Waals surface area contributed by atoms with Crippen LogP contribution in [0.4, 0.5) is 0 Å². The van der Waals surface area contributed by atoms with Gasteiger partial charge in [-0.1, -0.05) is 20.3 Å². The van der Waals surface area contributed by atoms with Gasteiger partial charge in [-0.05, 0) is 50.6 Å². The molecule has 2 N–H and O–H groups in total. The molecule has 0 aromatic carbocycles. The number of carbonyl (C=O) groups is 2. The summed E-state index contributed by atoms with van der Waals surface area (Å²) < 4.78 is 5.10. The number of hydrogen-bond donors (Lipinski definition) is 2. The van der Waals surface area contributed by atoms with Gasteiger partial charge in [0.15, 0.2) is 0 Å². The molecule has 0 bridgehead atoms. The molecule has 5 heteroatoms. The Bertz CT molecular complexity index is 391. The SMILES string of the molecule is CCOC(=O)C(NC(=O)C1CC12CCNCC2)C(C)CC. The second-order valence-electron chi connectivity index (χ2n) is 6.49. The fraction of sp³-hybridized carbons (Fsp3) is 0.875. The minimum atomic E-state index is -0.512. The largest absolute Gasteiger partial charge is 0.464 e. The lowest BCUT2D eigenvalue weighted by Crippen LogP contribution is -2.47. The van der Waals surface area contributed by atoms with Gasteiger partial charge >= 0.3 is 5.97 Å². The van der Waals surface area contributed by atoms with Crippen LogP contribution in [0.5, 0.6) is 0 Å². The molecule has 1 spiro atoms. The third-order valence-electron chi connectivity index (χ3n) is 5.16. The van der Waals surface area contributed by atoms with Crippen molar-refractivity contribution in [2.24, 2.45) is 17.3 Å². The molecule has 0 radical (unpaired) electrons. The van der Waals surface area contributed by atoms with Crippen LogP contribution in [0, 0.1) is 17.3 Å². The Kier molecular flexibility index (Phi) is 5.25. The summed E-state index contributed by atoms with van der Waals surface area (Å²) in [6.07, 6.45) is 3.94. The molecule has 1 amide bonds. The summed E-state index contributed by atoms with van der Waals surface area (Å²) in [5.41, 5.74) is 0.198. The highest BCUT2D eigenvalue weighted by Gasteiger charge is 2.58. The highest BCUT2D eigenvalue weighted by molar-refractivity contribution is 5.88. The third-order valence-corrected chi connectivity index (χ3v) is 5.16. The summed E-state index contributed by atoms with van der Waals surface area (Å²) in [7, 11) is 0. The van der Waals surface area contributed by atoms with Crippen molar-refractivity contribution in [3.63, 3.8) is 0 Å². The van der Waals surface area contributed by atoms with Crippen molar-refractivity contribution >= 4 is 11.9 Å². The summed E-state index contributed by atoms with van der Waals surface area (Å²) in [6.45, 7) is 8.13. The molecule has 3 unspecified atom stereocenters. The summed E-state index contributed by atoms with van der Waals surface area (Å²) >= 11 is 0. The molecule has 3 atom stereocenters. The standard InChI is InChI=1S/C16H28N2O3/c1-4-11(3)13(15(20)21-5-2)18-14(19)12-10-16(12)6-8-17-9-7-16/h11-13,17H,4-10H2,1-3H3,(H,18,19). The maximum atomic E-state index is 12.5. The first-order valence-electron chi connectivity index (χ1n) is 8.21. The van der Waals surface area contributed by atoms with Gasteiger partial charge in [-0.25, -0.2) is 4.79 Å². The maximum Gasteiger partial charge on any atom is 0.328 e. The first-order chi connectivity index (χ1) is 10.0. The first-order valence-corrected chi connectivity index (χ1v) is 8.21. The topological polar surface area (TPSA) is 67.4 Å². The quantitative estimate of drug-likeness (QED) is 0.728. The number of ether oxygens (including phenoxy) is 1. The molecular weight excluding hydrogens is 268 g/mol. The van der Waals surface area contributed by atoms with E-state index in [9.17, 15) is 9.59 Å². The van der Waals surface area contributed by atoms with Gasteiger partial charge in [0.2, 0.25) is 5.91 Å². The number of nitrogens with one attached hydrogen (secondary N) is 2. The number of rotatable bonds is 6. The van der Waals surface area contributed by atoms with Crippen LogP contribution < -0.4 is 10.6 Å². The van der Waals surface area contributed by atoms with Crippen LogP contribution in [0.2, 0.25) is 0 Å². The van der Waals surface area contributed by atoms with Crippen molar-refractivity contribution in [3.05, 3.63) is 0 Å². The van der Waals surface area contributed by atoms with Crippen LogP contribution in [-0.2, 0) is 14.3 Å². The second-order valence-corrected chi connectivity index (χ2v) is 6.49. The molecule has 21 heavy (non-hydrogen) atoms. The normalized spacial score (nSPS) is 26.0. The van der Waals surface area contributed by atoms with Crippen molar-refractivity contribution in [3.8, 4) is 0 Å². The van der Waals surface area contributed by atoms with E-state index in [4.69, 9.17) is 4.74 Å². The number of amides is 1. The van der Waals surface area contributed by atoms with Crippen molar-refractivity contribution in [1.82, 2.24) is 10.6 Å². The van der Waals surface area contributed by atoms with E-state index >= 15 is 0 Å². The summed E-state index contributed by atoms with van der Waals surface area (Å²) in [5.74, 6) is -0.0910. The van der Waals surface area contributed by atoms with Gasteiger partial charge in [-0.15, -0.1) is 0 Å². The second kappa shape index (κ2) is 6.77. The number of carbonyl (C=O) groups excluding carboxylic acids is 2. The van der Waals surface area contributed by atoms with Gasteiger partial charge in [0.1, 0.15) is 6.04 Å². The number of hydrogen-bond acceptors (Lipinski definition) is 4. The predicted octanol–water partition coefficient (Wildman–Crippen LogP) is 1.47. The van der Waals surface area contributed by atoms with E-state index in [-0.39, 0.29) is 29.1 Å². The molecule has 2 aliphatic rings. The van der Waals surface area contributed by atoms with E-state index in [1.54, 1.807) is 6.92 Å². The van der Waals surface area contributed by atoms with Gasteiger partial charge in [-0.3, -0.25) is 4.79 Å². The van der Waals surface area contributed by atoms with Crippen LogP contribution in [0.25, 0.3) is 0 Å². The van der Waals surface area contributed by atoms with Crippen LogP contribution >= 0.6 is 0 Å². The van der Waals surface area contributed by atoms with Crippen LogP contribution in [0.3, 0.4) is 0 Å². The summed E-state index contributed by atoms with van der Waals surface area (Å²) in [5, 5.41) is 6.29. The Morgan fingerprint density at radius 2 is 2.00 bits per heavy atom. The van der Waals surface area contributed by atoms with Gasteiger partial charge in [0, 0.05) is 5.92 Å². The van der Waals surface area contributed by atoms with E-state index in [0.717, 1.165) is 38.8 Å². The molecule has 1 aliphatic heterocycles. The van der Waals surface area contributed by atoms with E-state index in [2.05, 4.69) is 10.6 Å². The van der Waals surface area contributed by atoms with Crippen LogP contribution in [-0.4, -0.2) is 37.6 Å². The van der Waals surface area contributed by atoms with E-state index < -0.39 is 6.04 Å². The molecule has 1 saturated carbocycles. The molecule has 0 aromatic heterocycles. The highest BCUT2D eigenvalue weighted by Crippen LogP contribution is 2.58. The zero-order valence-electron chi connectivity index (χ0n) is 13.4. The van der Waals surface area contributed by atoms with Crippen molar-refractivity contribution in [2.75, 3.05) is 19.7 Å². The molecular formula is C16H28N2O3. The smallest absolute Gasteiger partial charge is 0.328 e. The predicted molar refractivity (Wildman–Crippen MR) is 80.7 cm³/mol. The minimum Gasteiger partial charge on any atom is -0.464 e. The Labute approximate surface area is 127 Å². The Morgan fingerprint density at radius 3 is 2.57 bits per heavy atom. The fourth-order valence-corrected chi connectivity index (χ4v) is 3.35. The van der Waals surface area contributed by atoms with E-state index in [1.807, 2.05) is 13.8 Å². The molecule has 1 aliphatic carbocycles. The summed E-state index contributed by atoms with van der Waals surface area (Å²) in [6, 6.07) is -0.512. The van der Waals surface area contributed by atoms with E-state index in [0.29, 0.717) is 6.61 Å². The summed E-state index contributed by atoms with van der Waals surface area (Å²) in [4.78, 5) is 24.5. The number of piperidine rings is 1.